The van der Waals surface area contributed by atoms with Crippen molar-refractivity contribution in [3.8, 4) is 0 Å². The van der Waals surface area contributed by atoms with Crippen molar-refractivity contribution in [2.24, 2.45) is 0 Å². The monoisotopic (exact) mass is 168 g/mol. The van der Waals surface area contributed by atoms with Crippen LogP contribution in [-0.2, 0) is 0 Å². The number of oxazole rings is 1. The van der Waals surface area contributed by atoms with Gasteiger partial charge >= 0.3 is 0 Å². The maximum atomic E-state index is 5.47. The average molecular weight is 168 g/mol. The van der Waals surface area contributed by atoms with E-state index in [0.29, 0.717) is 0 Å². The molecule has 3 nitrogen and oxygen atoms in total. The molecule has 0 N–H and O–H groups in total. The smallest absolute Gasteiger partial charge is 0.219 e. The van der Waals surface area contributed by atoms with E-state index in [1.165, 1.54) is 0 Å². The molecule has 68 valence electrons. The van der Waals surface area contributed by atoms with Crippen molar-refractivity contribution in [3.05, 3.63) is 11.6 Å². The summed E-state index contributed by atoms with van der Waals surface area (Å²) in [5, 5.41) is 0. The van der Waals surface area contributed by atoms with Gasteiger partial charge in [0.15, 0.2) is 5.89 Å². The summed E-state index contributed by atoms with van der Waals surface area (Å²) >= 11 is 0. The normalized spacial score (nSPS) is 10.3. The van der Waals surface area contributed by atoms with Crippen molar-refractivity contribution in [1.82, 2.24) is 4.98 Å². The quantitative estimate of drug-likeness (QED) is 0.692. The zero-order chi connectivity index (χ0) is 9.14. The molecule has 0 aliphatic carbocycles. The molecule has 0 saturated carbocycles. The van der Waals surface area contributed by atoms with Crippen LogP contribution in [0.1, 0.15) is 25.4 Å². The van der Waals surface area contributed by atoms with Crippen molar-refractivity contribution in [2.75, 3.05) is 18.0 Å². The van der Waals surface area contributed by atoms with E-state index in [1.807, 2.05) is 13.8 Å². The molecule has 0 spiro atoms. The minimum atomic E-state index is 0.745. The van der Waals surface area contributed by atoms with E-state index >= 15 is 0 Å². The van der Waals surface area contributed by atoms with Gasteiger partial charge < -0.3 is 9.32 Å². The molecule has 12 heavy (non-hydrogen) atoms. The van der Waals surface area contributed by atoms with E-state index in [2.05, 4.69) is 23.7 Å². The third-order valence-corrected chi connectivity index (χ3v) is 1.93. The maximum absolute atomic E-state index is 5.47. The van der Waals surface area contributed by atoms with Crippen LogP contribution in [-0.4, -0.2) is 18.1 Å². The molecule has 0 unspecified atom stereocenters. The summed E-state index contributed by atoms with van der Waals surface area (Å²) in [7, 11) is 0. The minimum Gasteiger partial charge on any atom is -0.425 e. The van der Waals surface area contributed by atoms with Gasteiger partial charge in [0.1, 0.15) is 5.69 Å². The molecule has 1 rings (SSSR count). The number of rotatable bonds is 3. The van der Waals surface area contributed by atoms with E-state index in [4.69, 9.17) is 4.42 Å². The van der Waals surface area contributed by atoms with E-state index in [9.17, 15) is 0 Å². The van der Waals surface area contributed by atoms with Gasteiger partial charge in [-0.2, -0.15) is 0 Å². The second-order valence-electron chi connectivity index (χ2n) is 2.80. The fraction of sp³-hybridized carbons (Fsp3) is 0.667. The summed E-state index contributed by atoms with van der Waals surface area (Å²) < 4.78 is 5.47. The Kier molecular flexibility index (Phi) is 2.74. The predicted molar refractivity (Wildman–Crippen MR) is 49.5 cm³/mol. The van der Waals surface area contributed by atoms with Gasteiger partial charge in [0.05, 0.1) is 0 Å². The Morgan fingerprint density at radius 1 is 1.25 bits per heavy atom. The molecular weight excluding hydrogens is 152 g/mol. The minimum absolute atomic E-state index is 0.745. The zero-order valence-electron chi connectivity index (χ0n) is 8.22. The topological polar surface area (TPSA) is 29.3 Å². The molecule has 0 aliphatic rings. The summed E-state index contributed by atoms with van der Waals surface area (Å²) in [4.78, 5) is 6.38. The highest BCUT2D eigenvalue weighted by molar-refractivity contribution is 5.39. The van der Waals surface area contributed by atoms with Gasteiger partial charge in [0.25, 0.3) is 0 Å². The lowest BCUT2D eigenvalue weighted by Gasteiger charge is -2.17. The van der Waals surface area contributed by atoms with E-state index in [1.54, 1.807) is 0 Å². The first-order valence-corrected chi connectivity index (χ1v) is 4.38. The first kappa shape index (κ1) is 9.10. The number of aryl methyl sites for hydroxylation is 2. The number of nitrogens with zero attached hydrogens (tertiary/aromatic N) is 2. The third kappa shape index (κ3) is 1.60. The Labute approximate surface area is 73.4 Å². The van der Waals surface area contributed by atoms with Gasteiger partial charge in [-0.1, -0.05) is 0 Å². The predicted octanol–water partition coefficient (Wildman–Crippen LogP) is 2.14. The zero-order valence-corrected chi connectivity index (χ0v) is 8.22. The Hall–Kier alpha value is -0.990. The molecule has 0 bridgehead atoms. The number of anilines is 1. The summed E-state index contributed by atoms with van der Waals surface area (Å²) in [6.45, 7) is 10.0. The van der Waals surface area contributed by atoms with Crippen LogP contribution >= 0.6 is 0 Å². The van der Waals surface area contributed by atoms with Crippen molar-refractivity contribution < 1.29 is 4.42 Å². The van der Waals surface area contributed by atoms with E-state index < -0.39 is 0 Å². The molecule has 0 atom stereocenters. The van der Waals surface area contributed by atoms with Gasteiger partial charge in [-0.25, -0.2) is 4.98 Å². The molecule has 0 saturated heterocycles. The molecule has 1 aromatic rings. The summed E-state index contributed by atoms with van der Waals surface area (Å²) in [6.07, 6.45) is 0. The third-order valence-electron chi connectivity index (χ3n) is 1.93. The largest absolute Gasteiger partial charge is 0.425 e. The summed E-state index contributed by atoms with van der Waals surface area (Å²) in [6, 6.07) is 0. The average Bonchev–Trinajstić information content (AvgIpc) is 2.34. The van der Waals surface area contributed by atoms with Crippen LogP contribution in [0.3, 0.4) is 0 Å². The molecule has 1 aromatic heterocycles. The molecule has 0 aliphatic heterocycles. The molecule has 3 heteroatoms. The van der Waals surface area contributed by atoms with Crippen LogP contribution < -0.4 is 4.90 Å². The molecule has 0 radical (unpaired) electrons. The Balaban J connectivity index is 2.91. The Morgan fingerprint density at radius 3 is 2.17 bits per heavy atom. The Morgan fingerprint density at radius 2 is 1.83 bits per heavy atom. The molecule has 0 aromatic carbocycles. The number of hydrogen-bond acceptors (Lipinski definition) is 3. The van der Waals surface area contributed by atoms with Crippen molar-refractivity contribution >= 4 is 5.88 Å². The van der Waals surface area contributed by atoms with Crippen LogP contribution in [0.2, 0.25) is 0 Å². The van der Waals surface area contributed by atoms with E-state index in [-0.39, 0.29) is 0 Å². The fourth-order valence-electron chi connectivity index (χ4n) is 1.32. The lowest BCUT2D eigenvalue weighted by molar-refractivity contribution is 0.510. The van der Waals surface area contributed by atoms with E-state index in [0.717, 1.165) is 30.6 Å². The fourth-order valence-corrected chi connectivity index (χ4v) is 1.32. The number of aromatic nitrogens is 1. The van der Waals surface area contributed by atoms with Gasteiger partial charge in [0, 0.05) is 20.0 Å². The van der Waals surface area contributed by atoms with Crippen molar-refractivity contribution in [1.29, 1.82) is 0 Å². The lowest BCUT2D eigenvalue weighted by atomic mass is 10.4. The summed E-state index contributed by atoms with van der Waals surface area (Å²) in [5.74, 6) is 1.66. The summed E-state index contributed by atoms with van der Waals surface area (Å²) in [5.41, 5.74) is 0.983. The van der Waals surface area contributed by atoms with Crippen molar-refractivity contribution in [2.45, 2.75) is 27.7 Å². The first-order valence-electron chi connectivity index (χ1n) is 4.38. The van der Waals surface area contributed by atoms with Crippen molar-refractivity contribution in [3.63, 3.8) is 0 Å². The first-order chi connectivity index (χ1) is 5.69. The molecule has 1 heterocycles. The van der Waals surface area contributed by atoms with Crippen LogP contribution in [0, 0.1) is 13.8 Å². The van der Waals surface area contributed by atoms with Gasteiger partial charge in [-0.3, -0.25) is 0 Å². The highest BCUT2D eigenvalue weighted by atomic mass is 16.4. The van der Waals surface area contributed by atoms with Crippen LogP contribution in [0.25, 0.3) is 0 Å². The van der Waals surface area contributed by atoms with Crippen LogP contribution in [0.4, 0.5) is 5.88 Å². The molecule has 0 amide bonds. The second-order valence-corrected chi connectivity index (χ2v) is 2.80. The lowest BCUT2D eigenvalue weighted by Crippen LogP contribution is -2.21. The number of hydrogen-bond donors (Lipinski definition) is 0. The highest BCUT2D eigenvalue weighted by Gasteiger charge is 2.11. The standard InChI is InChI=1S/C9H16N2O/c1-5-11(6-2)9-7(3)10-8(4)12-9/h5-6H2,1-4H3. The van der Waals surface area contributed by atoms with Crippen LogP contribution in [0.15, 0.2) is 4.42 Å². The van der Waals surface area contributed by atoms with Crippen LogP contribution in [0.5, 0.6) is 0 Å². The SMILES string of the molecule is CCN(CC)c1oc(C)nc1C. The second kappa shape index (κ2) is 3.61. The van der Waals surface area contributed by atoms with Gasteiger partial charge in [-0.05, 0) is 20.8 Å². The van der Waals surface area contributed by atoms with Gasteiger partial charge in [0.2, 0.25) is 5.88 Å². The maximum Gasteiger partial charge on any atom is 0.219 e. The Bertz CT molecular complexity index is 251. The highest BCUT2D eigenvalue weighted by Crippen LogP contribution is 2.20. The van der Waals surface area contributed by atoms with Gasteiger partial charge in [-0.15, -0.1) is 0 Å². The molecule has 0 fully saturated rings. The molecular formula is C9H16N2O.